The van der Waals surface area contributed by atoms with E-state index in [0.29, 0.717) is 12.8 Å². The number of nitrogens with zero attached hydrogens (tertiary/aromatic N) is 1. The number of aliphatic carboxylic acids is 1. The van der Waals surface area contributed by atoms with Crippen LogP contribution < -0.4 is 5.32 Å². The number of piperidine rings is 1. The maximum atomic E-state index is 11.5. The van der Waals surface area contributed by atoms with E-state index in [0.717, 1.165) is 38.8 Å². The van der Waals surface area contributed by atoms with Gasteiger partial charge in [-0.1, -0.05) is 6.42 Å². The van der Waals surface area contributed by atoms with Gasteiger partial charge >= 0.3 is 5.97 Å². The van der Waals surface area contributed by atoms with Gasteiger partial charge in [-0.2, -0.15) is 0 Å². The SMILES string of the molecule is O=C1CC(N2CCCCC2C(=O)O)CCCN1. The van der Waals surface area contributed by atoms with Crippen molar-refractivity contribution in [1.82, 2.24) is 10.2 Å². The molecule has 0 aliphatic carbocycles. The lowest BCUT2D eigenvalue weighted by Crippen LogP contribution is -2.50. The van der Waals surface area contributed by atoms with Crippen LogP contribution in [-0.2, 0) is 9.59 Å². The summed E-state index contributed by atoms with van der Waals surface area (Å²) in [6.07, 6.45) is 5.05. The van der Waals surface area contributed by atoms with Crippen LogP contribution in [0, 0.1) is 0 Å². The Hall–Kier alpha value is -1.10. The van der Waals surface area contributed by atoms with Crippen LogP contribution in [0.15, 0.2) is 0 Å². The van der Waals surface area contributed by atoms with Crippen molar-refractivity contribution < 1.29 is 14.7 Å². The van der Waals surface area contributed by atoms with E-state index in [4.69, 9.17) is 0 Å². The molecule has 2 fully saturated rings. The second-order valence-electron chi connectivity index (χ2n) is 4.94. The summed E-state index contributed by atoms with van der Waals surface area (Å²) < 4.78 is 0. The highest BCUT2D eigenvalue weighted by atomic mass is 16.4. The molecule has 0 bridgehead atoms. The average molecular weight is 240 g/mol. The van der Waals surface area contributed by atoms with Crippen molar-refractivity contribution >= 4 is 11.9 Å². The van der Waals surface area contributed by atoms with Crippen LogP contribution in [-0.4, -0.2) is 47.1 Å². The van der Waals surface area contributed by atoms with E-state index in [1.54, 1.807) is 0 Å². The predicted molar refractivity (Wildman–Crippen MR) is 62.6 cm³/mol. The third-order valence-electron chi connectivity index (χ3n) is 3.76. The van der Waals surface area contributed by atoms with Crippen molar-refractivity contribution in [2.75, 3.05) is 13.1 Å². The molecule has 2 heterocycles. The number of rotatable bonds is 2. The molecule has 2 aliphatic rings. The second kappa shape index (κ2) is 5.49. The second-order valence-corrected chi connectivity index (χ2v) is 4.94. The number of carboxylic acids is 1. The minimum atomic E-state index is -0.741. The normalized spacial score (nSPS) is 31.6. The number of carbonyl (C=O) groups excluding carboxylic acids is 1. The highest BCUT2D eigenvalue weighted by Gasteiger charge is 2.34. The van der Waals surface area contributed by atoms with Gasteiger partial charge in [0.05, 0.1) is 0 Å². The monoisotopic (exact) mass is 240 g/mol. The summed E-state index contributed by atoms with van der Waals surface area (Å²) >= 11 is 0. The zero-order valence-corrected chi connectivity index (χ0v) is 10.0. The number of hydrogen-bond acceptors (Lipinski definition) is 3. The Balaban J connectivity index is 2.06. The molecule has 2 unspecified atom stereocenters. The van der Waals surface area contributed by atoms with Crippen molar-refractivity contribution in [3.05, 3.63) is 0 Å². The minimum Gasteiger partial charge on any atom is -0.480 e. The fourth-order valence-electron chi connectivity index (χ4n) is 2.89. The molecule has 2 saturated heterocycles. The highest BCUT2D eigenvalue weighted by Crippen LogP contribution is 2.24. The van der Waals surface area contributed by atoms with Crippen LogP contribution in [0.4, 0.5) is 0 Å². The van der Waals surface area contributed by atoms with Crippen molar-refractivity contribution in [3.63, 3.8) is 0 Å². The molecule has 0 spiro atoms. The van der Waals surface area contributed by atoms with Gasteiger partial charge < -0.3 is 10.4 Å². The molecule has 0 aromatic rings. The third kappa shape index (κ3) is 2.97. The first-order valence-electron chi connectivity index (χ1n) is 6.44. The molecule has 0 radical (unpaired) electrons. The molecule has 2 atom stereocenters. The number of nitrogens with one attached hydrogen (secondary N) is 1. The van der Waals surface area contributed by atoms with Gasteiger partial charge in [0.2, 0.25) is 5.91 Å². The summed E-state index contributed by atoms with van der Waals surface area (Å²) in [4.78, 5) is 24.8. The highest BCUT2D eigenvalue weighted by molar-refractivity contribution is 5.77. The zero-order valence-electron chi connectivity index (χ0n) is 10.0. The van der Waals surface area contributed by atoms with E-state index >= 15 is 0 Å². The number of amides is 1. The van der Waals surface area contributed by atoms with E-state index in [1.165, 1.54) is 0 Å². The first-order chi connectivity index (χ1) is 8.18. The van der Waals surface area contributed by atoms with E-state index in [1.807, 2.05) is 4.90 Å². The molecule has 1 amide bonds. The summed E-state index contributed by atoms with van der Waals surface area (Å²) in [6, 6.07) is -0.279. The predicted octanol–water partition coefficient (Wildman–Crippen LogP) is 0.594. The van der Waals surface area contributed by atoms with Gasteiger partial charge in [0, 0.05) is 19.0 Å². The molecule has 0 aromatic heterocycles. The molecule has 96 valence electrons. The fourth-order valence-corrected chi connectivity index (χ4v) is 2.89. The summed E-state index contributed by atoms with van der Waals surface area (Å²) in [7, 11) is 0. The Bertz CT molecular complexity index is 306. The van der Waals surface area contributed by atoms with Crippen LogP contribution in [0.1, 0.15) is 38.5 Å². The standard InChI is InChI=1S/C12H20N2O3/c15-11-8-9(4-3-6-13-11)14-7-2-1-5-10(14)12(16)17/h9-10H,1-8H2,(H,13,15)(H,16,17). The van der Waals surface area contributed by atoms with Crippen LogP contribution in [0.3, 0.4) is 0 Å². The summed E-state index contributed by atoms with van der Waals surface area (Å²) in [6.45, 7) is 1.54. The average Bonchev–Trinajstić information content (AvgIpc) is 2.54. The topological polar surface area (TPSA) is 69.6 Å². The lowest BCUT2D eigenvalue weighted by Gasteiger charge is -2.38. The van der Waals surface area contributed by atoms with Crippen molar-refractivity contribution in [3.8, 4) is 0 Å². The lowest BCUT2D eigenvalue weighted by molar-refractivity contribution is -0.146. The quantitative estimate of drug-likeness (QED) is 0.741. The molecule has 5 nitrogen and oxygen atoms in total. The largest absolute Gasteiger partial charge is 0.480 e. The van der Waals surface area contributed by atoms with Crippen LogP contribution in [0.2, 0.25) is 0 Å². The maximum Gasteiger partial charge on any atom is 0.320 e. The number of likely N-dealkylation sites (tertiary alicyclic amines) is 1. The van der Waals surface area contributed by atoms with Gasteiger partial charge in [-0.05, 0) is 32.2 Å². The smallest absolute Gasteiger partial charge is 0.320 e. The molecule has 0 aromatic carbocycles. The van der Waals surface area contributed by atoms with Crippen LogP contribution in [0.25, 0.3) is 0 Å². The first kappa shape index (κ1) is 12.4. The van der Waals surface area contributed by atoms with Gasteiger partial charge in [-0.3, -0.25) is 14.5 Å². The first-order valence-corrected chi connectivity index (χ1v) is 6.44. The Morgan fingerprint density at radius 2 is 2.12 bits per heavy atom. The summed E-state index contributed by atoms with van der Waals surface area (Å²) in [5, 5.41) is 12.1. The minimum absolute atomic E-state index is 0.0576. The van der Waals surface area contributed by atoms with Gasteiger partial charge in [0.1, 0.15) is 6.04 Å². The fraction of sp³-hybridized carbons (Fsp3) is 0.833. The molecule has 0 saturated carbocycles. The van der Waals surface area contributed by atoms with Gasteiger partial charge in [0.15, 0.2) is 0 Å². The molecule has 5 heteroatoms. The number of carboxylic acid groups (broad SMARTS) is 1. The molecular formula is C12H20N2O3. The van der Waals surface area contributed by atoms with Crippen molar-refractivity contribution in [2.45, 2.75) is 50.6 Å². The lowest BCUT2D eigenvalue weighted by atomic mass is 9.96. The van der Waals surface area contributed by atoms with E-state index in [9.17, 15) is 14.7 Å². The maximum absolute atomic E-state index is 11.5. The van der Waals surface area contributed by atoms with Crippen molar-refractivity contribution in [2.24, 2.45) is 0 Å². The number of carbonyl (C=O) groups is 2. The summed E-state index contributed by atoms with van der Waals surface area (Å²) in [5.74, 6) is -0.684. The van der Waals surface area contributed by atoms with E-state index < -0.39 is 5.97 Å². The molecule has 17 heavy (non-hydrogen) atoms. The number of hydrogen-bond donors (Lipinski definition) is 2. The Kier molecular flexibility index (Phi) is 3.99. The van der Waals surface area contributed by atoms with E-state index in [-0.39, 0.29) is 18.0 Å². The van der Waals surface area contributed by atoms with Gasteiger partial charge in [-0.25, -0.2) is 0 Å². The molecular weight excluding hydrogens is 220 g/mol. The summed E-state index contributed by atoms with van der Waals surface area (Å²) in [5.41, 5.74) is 0. The Morgan fingerprint density at radius 3 is 2.88 bits per heavy atom. The van der Waals surface area contributed by atoms with Gasteiger partial charge in [-0.15, -0.1) is 0 Å². The molecule has 2 rings (SSSR count). The zero-order chi connectivity index (χ0) is 12.3. The molecule has 2 aliphatic heterocycles. The Morgan fingerprint density at radius 1 is 1.29 bits per heavy atom. The Labute approximate surface area is 101 Å². The van der Waals surface area contributed by atoms with Crippen LogP contribution in [0.5, 0.6) is 0 Å². The molecule has 2 N–H and O–H groups in total. The van der Waals surface area contributed by atoms with Gasteiger partial charge in [0.25, 0.3) is 0 Å². The van der Waals surface area contributed by atoms with Crippen molar-refractivity contribution in [1.29, 1.82) is 0 Å². The third-order valence-corrected chi connectivity index (χ3v) is 3.76. The van der Waals surface area contributed by atoms with E-state index in [2.05, 4.69) is 5.32 Å². The van der Waals surface area contributed by atoms with Crippen LogP contribution >= 0.6 is 0 Å².